The van der Waals surface area contributed by atoms with Crippen LogP contribution >= 0.6 is 11.3 Å². The molecule has 0 N–H and O–H groups in total. The molecular formula is C19H27N3S. The minimum Gasteiger partial charge on any atom is -0.299 e. The SMILES string of the molecule is C[C@H](c1ccccn1)N(C)Cc1cc(CN2CCCCC2)cs1. The van der Waals surface area contributed by atoms with Crippen molar-refractivity contribution in [2.75, 3.05) is 20.1 Å². The molecule has 0 unspecified atom stereocenters. The standard InChI is InChI=1S/C19H27N3S/c1-16(19-8-4-5-9-20-19)21(2)14-18-12-17(15-23-18)13-22-10-6-3-7-11-22/h4-5,8-9,12,15-16H,3,6-7,10-11,13-14H2,1-2H3/t16-/m1/s1. The molecule has 23 heavy (non-hydrogen) atoms. The third-order valence-electron chi connectivity index (χ3n) is 4.75. The van der Waals surface area contributed by atoms with Crippen LogP contribution in [0, 0.1) is 0 Å². The zero-order chi connectivity index (χ0) is 16.1. The van der Waals surface area contributed by atoms with Gasteiger partial charge < -0.3 is 0 Å². The van der Waals surface area contributed by atoms with Crippen molar-refractivity contribution >= 4 is 11.3 Å². The molecule has 0 saturated carbocycles. The lowest BCUT2D eigenvalue weighted by Gasteiger charge is -2.26. The van der Waals surface area contributed by atoms with Crippen LogP contribution in [-0.2, 0) is 13.1 Å². The average molecular weight is 330 g/mol. The number of hydrogen-bond acceptors (Lipinski definition) is 4. The summed E-state index contributed by atoms with van der Waals surface area (Å²) in [6.07, 6.45) is 6.01. The van der Waals surface area contributed by atoms with E-state index in [2.05, 4.69) is 52.3 Å². The minimum absolute atomic E-state index is 0.337. The van der Waals surface area contributed by atoms with Gasteiger partial charge in [0.15, 0.2) is 0 Å². The van der Waals surface area contributed by atoms with Crippen LogP contribution in [0.3, 0.4) is 0 Å². The highest BCUT2D eigenvalue weighted by molar-refractivity contribution is 7.10. The predicted molar refractivity (Wildman–Crippen MR) is 97.6 cm³/mol. The van der Waals surface area contributed by atoms with E-state index in [1.165, 1.54) is 42.8 Å². The van der Waals surface area contributed by atoms with Crippen LogP contribution in [0.5, 0.6) is 0 Å². The zero-order valence-corrected chi connectivity index (χ0v) is 15.1. The number of likely N-dealkylation sites (tertiary alicyclic amines) is 1. The second kappa shape index (κ2) is 8.04. The Balaban J connectivity index is 1.55. The Hall–Kier alpha value is -1.23. The van der Waals surface area contributed by atoms with Crippen molar-refractivity contribution in [3.8, 4) is 0 Å². The molecule has 1 fully saturated rings. The number of hydrogen-bond donors (Lipinski definition) is 0. The fourth-order valence-corrected chi connectivity index (χ4v) is 4.14. The Kier molecular flexibility index (Phi) is 5.81. The molecule has 1 saturated heterocycles. The van der Waals surface area contributed by atoms with Crippen molar-refractivity contribution in [1.29, 1.82) is 0 Å². The van der Waals surface area contributed by atoms with E-state index in [1.807, 2.05) is 23.6 Å². The molecule has 3 rings (SSSR count). The van der Waals surface area contributed by atoms with E-state index in [9.17, 15) is 0 Å². The summed E-state index contributed by atoms with van der Waals surface area (Å²) in [6, 6.07) is 8.87. The first-order chi connectivity index (χ1) is 11.2. The highest BCUT2D eigenvalue weighted by atomic mass is 32.1. The van der Waals surface area contributed by atoms with Crippen molar-refractivity contribution in [1.82, 2.24) is 14.8 Å². The summed E-state index contributed by atoms with van der Waals surface area (Å²) in [6.45, 7) is 6.87. The lowest BCUT2D eigenvalue weighted by atomic mass is 10.1. The lowest BCUT2D eigenvalue weighted by molar-refractivity contribution is 0.221. The van der Waals surface area contributed by atoms with Gasteiger partial charge in [-0.3, -0.25) is 14.8 Å². The van der Waals surface area contributed by atoms with Crippen LogP contribution in [0.25, 0.3) is 0 Å². The Bertz CT molecular complexity index is 590. The van der Waals surface area contributed by atoms with Crippen LogP contribution < -0.4 is 0 Å². The number of rotatable bonds is 6. The molecule has 2 aromatic rings. The van der Waals surface area contributed by atoms with Crippen molar-refractivity contribution in [2.24, 2.45) is 0 Å². The van der Waals surface area contributed by atoms with Gasteiger partial charge in [-0.15, -0.1) is 11.3 Å². The first-order valence-electron chi connectivity index (χ1n) is 8.62. The minimum atomic E-state index is 0.337. The summed E-state index contributed by atoms with van der Waals surface area (Å²) in [4.78, 5) is 10.9. The maximum Gasteiger partial charge on any atom is 0.0572 e. The molecule has 0 spiro atoms. The largest absolute Gasteiger partial charge is 0.299 e. The molecule has 4 heteroatoms. The number of pyridine rings is 1. The van der Waals surface area contributed by atoms with Crippen molar-refractivity contribution in [2.45, 2.75) is 45.3 Å². The molecule has 1 atom stereocenters. The van der Waals surface area contributed by atoms with Gasteiger partial charge in [-0.25, -0.2) is 0 Å². The smallest absolute Gasteiger partial charge is 0.0572 e. The van der Waals surface area contributed by atoms with Crippen LogP contribution in [0.15, 0.2) is 35.8 Å². The van der Waals surface area contributed by atoms with Crippen LogP contribution in [-0.4, -0.2) is 34.9 Å². The van der Waals surface area contributed by atoms with E-state index in [-0.39, 0.29) is 0 Å². The molecule has 3 nitrogen and oxygen atoms in total. The Labute approximate surface area is 144 Å². The summed E-state index contributed by atoms with van der Waals surface area (Å²) in [5.74, 6) is 0. The third kappa shape index (κ3) is 4.63. The quantitative estimate of drug-likeness (QED) is 0.787. The van der Waals surface area contributed by atoms with Gasteiger partial charge in [0.05, 0.1) is 5.69 Å². The van der Waals surface area contributed by atoms with Gasteiger partial charge in [-0.2, -0.15) is 0 Å². The molecule has 1 aliphatic rings. The zero-order valence-electron chi connectivity index (χ0n) is 14.2. The maximum atomic E-state index is 4.48. The third-order valence-corrected chi connectivity index (χ3v) is 5.72. The fourth-order valence-electron chi connectivity index (χ4n) is 3.20. The van der Waals surface area contributed by atoms with Crippen molar-refractivity contribution in [3.63, 3.8) is 0 Å². The monoisotopic (exact) mass is 329 g/mol. The first-order valence-corrected chi connectivity index (χ1v) is 9.50. The molecule has 3 heterocycles. The highest BCUT2D eigenvalue weighted by Crippen LogP contribution is 2.23. The normalized spacial score (nSPS) is 17.5. The molecular weight excluding hydrogens is 302 g/mol. The maximum absolute atomic E-state index is 4.48. The van der Waals surface area contributed by atoms with Crippen LogP contribution in [0.1, 0.15) is 48.4 Å². The summed E-state index contributed by atoms with van der Waals surface area (Å²) in [5.41, 5.74) is 2.62. The van der Waals surface area contributed by atoms with E-state index in [0.29, 0.717) is 6.04 Å². The number of nitrogens with zero attached hydrogens (tertiary/aromatic N) is 3. The lowest BCUT2D eigenvalue weighted by Crippen LogP contribution is -2.28. The molecule has 0 aromatic carbocycles. The van der Waals surface area contributed by atoms with Crippen molar-refractivity contribution in [3.05, 3.63) is 52.0 Å². The Morgan fingerprint density at radius 1 is 1.26 bits per heavy atom. The summed E-state index contributed by atoms with van der Waals surface area (Å²) in [7, 11) is 2.18. The Morgan fingerprint density at radius 2 is 2.09 bits per heavy atom. The highest BCUT2D eigenvalue weighted by Gasteiger charge is 2.15. The van der Waals surface area contributed by atoms with Gasteiger partial charge >= 0.3 is 0 Å². The van der Waals surface area contributed by atoms with Gasteiger partial charge in [0, 0.05) is 30.2 Å². The summed E-state index contributed by atoms with van der Waals surface area (Å²) in [5, 5.41) is 2.34. The predicted octanol–water partition coefficient (Wildman–Crippen LogP) is 4.32. The average Bonchev–Trinajstić information content (AvgIpc) is 3.02. The van der Waals surface area contributed by atoms with E-state index >= 15 is 0 Å². The van der Waals surface area contributed by atoms with Crippen molar-refractivity contribution < 1.29 is 0 Å². The second-order valence-corrected chi connectivity index (χ2v) is 7.60. The molecule has 1 aliphatic heterocycles. The molecule has 124 valence electrons. The van der Waals surface area contributed by atoms with Crippen LogP contribution in [0.4, 0.5) is 0 Å². The molecule has 0 radical (unpaired) electrons. The number of thiophene rings is 1. The molecule has 0 aliphatic carbocycles. The van der Waals surface area contributed by atoms with Gasteiger partial charge in [-0.05, 0) is 69.0 Å². The number of piperidine rings is 1. The molecule has 0 amide bonds. The van der Waals surface area contributed by atoms with E-state index < -0.39 is 0 Å². The van der Waals surface area contributed by atoms with Gasteiger partial charge in [0.1, 0.15) is 0 Å². The Morgan fingerprint density at radius 3 is 2.83 bits per heavy atom. The van der Waals surface area contributed by atoms with Gasteiger partial charge in [0.25, 0.3) is 0 Å². The number of aromatic nitrogens is 1. The topological polar surface area (TPSA) is 19.4 Å². The van der Waals surface area contributed by atoms with E-state index in [0.717, 1.165) is 18.8 Å². The summed E-state index contributed by atoms with van der Waals surface area (Å²) >= 11 is 1.89. The van der Waals surface area contributed by atoms with Gasteiger partial charge in [0.2, 0.25) is 0 Å². The van der Waals surface area contributed by atoms with Gasteiger partial charge in [-0.1, -0.05) is 12.5 Å². The van der Waals surface area contributed by atoms with Crippen LogP contribution in [0.2, 0.25) is 0 Å². The molecule has 0 bridgehead atoms. The first kappa shape index (κ1) is 16.6. The second-order valence-electron chi connectivity index (χ2n) is 6.60. The van der Waals surface area contributed by atoms with E-state index in [4.69, 9.17) is 0 Å². The van der Waals surface area contributed by atoms with E-state index in [1.54, 1.807) is 0 Å². The fraction of sp³-hybridized carbons (Fsp3) is 0.526. The summed E-state index contributed by atoms with van der Waals surface area (Å²) < 4.78 is 0. The molecule has 2 aromatic heterocycles.